The van der Waals surface area contributed by atoms with Crippen LogP contribution in [0.25, 0.3) is 0 Å². The molecule has 23 heavy (non-hydrogen) atoms. The summed E-state index contributed by atoms with van der Waals surface area (Å²) in [6, 6.07) is 6.73. The minimum atomic E-state index is -4.67. The maximum absolute atomic E-state index is 12.9. The van der Waals surface area contributed by atoms with Crippen LogP contribution in [0.2, 0.25) is 5.02 Å². The molecule has 0 unspecified atom stereocenters. The van der Waals surface area contributed by atoms with E-state index in [2.05, 4.69) is 0 Å². The van der Waals surface area contributed by atoms with Gasteiger partial charge in [-0.1, -0.05) is 11.6 Å². The van der Waals surface area contributed by atoms with E-state index in [0.717, 1.165) is 12.1 Å². The van der Waals surface area contributed by atoms with Crippen molar-refractivity contribution in [2.45, 2.75) is 6.18 Å². The summed E-state index contributed by atoms with van der Waals surface area (Å²) in [5.41, 5.74) is 4.53. The third-order valence-corrected chi connectivity index (χ3v) is 2.96. The molecule has 5 nitrogen and oxygen atoms in total. The summed E-state index contributed by atoms with van der Waals surface area (Å²) in [4.78, 5) is 10.6. The largest absolute Gasteiger partial charge is 0.465 e. The van der Waals surface area contributed by atoms with Gasteiger partial charge in [0.1, 0.15) is 11.5 Å². The highest BCUT2D eigenvalue weighted by Crippen LogP contribution is 2.37. The van der Waals surface area contributed by atoms with Crippen molar-refractivity contribution in [2.75, 3.05) is 11.1 Å². The maximum Gasteiger partial charge on any atom is 0.416 e. The Balaban J connectivity index is 2.42. The lowest BCUT2D eigenvalue weighted by Gasteiger charge is -2.13. The second-order valence-electron chi connectivity index (χ2n) is 4.47. The summed E-state index contributed by atoms with van der Waals surface area (Å²) < 4.78 is 44.0. The van der Waals surface area contributed by atoms with Crippen LogP contribution in [0.3, 0.4) is 0 Å². The van der Waals surface area contributed by atoms with E-state index < -0.39 is 17.8 Å². The Morgan fingerprint density at radius 3 is 2.48 bits per heavy atom. The van der Waals surface area contributed by atoms with Gasteiger partial charge in [0.15, 0.2) is 0 Å². The van der Waals surface area contributed by atoms with Crippen molar-refractivity contribution >= 4 is 29.1 Å². The predicted molar refractivity (Wildman–Crippen MR) is 79.0 cm³/mol. The second kappa shape index (κ2) is 6.25. The van der Waals surface area contributed by atoms with Gasteiger partial charge < -0.3 is 15.6 Å². The normalized spacial score (nSPS) is 11.1. The second-order valence-corrected chi connectivity index (χ2v) is 4.87. The monoisotopic (exact) mass is 346 g/mol. The summed E-state index contributed by atoms with van der Waals surface area (Å²) in [6.07, 6.45) is -6.17. The van der Waals surface area contributed by atoms with Gasteiger partial charge in [-0.05, 0) is 30.3 Å². The van der Waals surface area contributed by atoms with Crippen LogP contribution in [-0.4, -0.2) is 11.2 Å². The molecule has 122 valence electrons. The Hall–Kier alpha value is -2.61. The van der Waals surface area contributed by atoms with Gasteiger partial charge in [0, 0.05) is 17.4 Å². The Morgan fingerprint density at radius 2 is 1.91 bits per heavy atom. The number of nitrogens with one attached hydrogen (secondary N) is 1. The van der Waals surface area contributed by atoms with Crippen molar-refractivity contribution in [3.05, 3.63) is 47.0 Å². The van der Waals surface area contributed by atoms with Gasteiger partial charge >= 0.3 is 12.3 Å². The molecular formula is C14H10ClF3N2O3. The van der Waals surface area contributed by atoms with Gasteiger partial charge in [-0.15, -0.1) is 0 Å². The van der Waals surface area contributed by atoms with Gasteiger partial charge in [0.2, 0.25) is 0 Å². The number of carboxylic acid groups (broad SMARTS) is 1. The standard InChI is InChI=1S/C14H10ClF3N2O3/c15-11-5-8(19)1-2-12(11)23-10-4-7(14(16,17)18)3-9(6-10)20-13(21)22/h1-6,20H,19H2,(H,21,22). The molecule has 0 atom stereocenters. The van der Waals surface area contributed by atoms with Crippen LogP contribution in [0.5, 0.6) is 11.5 Å². The van der Waals surface area contributed by atoms with Crippen LogP contribution in [-0.2, 0) is 6.18 Å². The molecule has 0 aliphatic heterocycles. The van der Waals surface area contributed by atoms with E-state index in [4.69, 9.17) is 27.2 Å². The molecule has 2 aromatic rings. The quantitative estimate of drug-likeness (QED) is 0.695. The fourth-order valence-corrected chi connectivity index (χ4v) is 1.97. The van der Waals surface area contributed by atoms with Gasteiger partial charge in [-0.3, -0.25) is 5.32 Å². The Labute approximate surface area is 133 Å². The summed E-state index contributed by atoms with van der Waals surface area (Å²) in [5.74, 6) is -0.142. The van der Waals surface area contributed by atoms with Gasteiger partial charge in [0.05, 0.1) is 10.6 Å². The molecule has 0 saturated carbocycles. The number of amides is 1. The molecule has 9 heteroatoms. The average Bonchev–Trinajstić information content (AvgIpc) is 2.40. The third kappa shape index (κ3) is 4.43. The van der Waals surface area contributed by atoms with E-state index >= 15 is 0 Å². The molecule has 0 heterocycles. The van der Waals surface area contributed by atoms with Crippen molar-refractivity contribution < 1.29 is 27.8 Å². The molecule has 4 N–H and O–H groups in total. The molecule has 0 aliphatic carbocycles. The molecule has 0 fully saturated rings. The Bertz CT molecular complexity index is 751. The first kappa shape index (κ1) is 16.8. The summed E-state index contributed by atoms with van der Waals surface area (Å²) in [5, 5.41) is 10.6. The number of nitrogens with two attached hydrogens (primary N) is 1. The smallest absolute Gasteiger partial charge is 0.416 e. The lowest BCUT2D eigenvalue weighted by Crippen LogP contribution is -2.10. The van der Waals surface area contributed by atoms with Crippen LogP contribution in [0.15, 0.2) is 36.4 Å². The van der Waals surface area contributed by atoms with Gasteiger partial charge in [-0.25, -0.2) is 4.79 Å². The van der Waals surface area contributed by atoms with Crippen LogP contribution in [0.1, 0.15) is 5.56 Å². The highest BCUT2D eigenvalue weighted by Gasteiger charge is 2.31. The molecule has 0 radical (unpaired) electrons. The Morgan fingerprint density at radius 1 is 1.22 bits per heavy atom. The number of anilines is 2. The minimum Gasteiger partial charge on any atom is -0.465 e. The molecule has 0 saturated heterocycles. The van der Waals surface area contributed by atoms with Crippen molar-refractivity contribution in [3.63, 3.8) is 0 Å². The van der Waals surface area contributed by atoms with Crippen LogP contribution >= 0.6 is 11.6 Å². The average molecular weight is 347 g/mol. The lowest BCUT2D eigenvalue weighted by atomic mass is 10.1. The SMILES string of the molecule is Nc1ccc(Oc2cc(NC(=O)O)cc(C(F)(F)F)c2)c(Cl)c1. The highest BCUT2D eigenvalue weighted by molar-refractivity contribution is 6.32. The molecular weight excluding hydrogens is 337 g/mol. The molecule has 0 bridgehead atoms. The first-order valence-electron chi connectivity index (χ1n) is 6.10. The van der Waals surface area contributed by atoms with E-state index in [-0.39, 0.29) is 22.2 Å². The maximum atomic E-state index is 12.9. The zero-order valence-corrected chi connectivity index (χ0v) is 12.1. The molecule has 0 aromatic heterocycles. The van der Waals surface area contributed by atoms with Crippen molar-refractivity contribution in [1.82, 2.24) is 0 Å². The number of nitrogen functional groups attached to an aromatic ring is 1. The molecule has 2 aromatic carbocycles. The van der Waals surface area contributed by atoms with E-state index in [1.54, 1.807) is 0 Å². The van der Waals surface area contributed by atoms with Crippen molar-refractivity contribution in [3.8, 4) is 11.5 Å². The third-order valence-electron chi connectivity index (χ3n) is 2.67. The van der Waals surface area contributed by atoms with E-state index in [0.29, 0.717) is 11.8 Å². The number of alkyl halides is 3. The zero-order chi connectivity index (χ0) is 17.2. The highest BCUT2D eigenvalue weighted by atomic mass is 35.5. The van der Waals surface area contributed by atoms with Gasteiger partial charge in [-0.2, -0.15) is 13.2 Å². The number of ether oxygens (including phenoxy) is 1. The zero-order valence-electron chi connectivity index (χ0n) is 11.3. The lowest BCUT2D eigenvalue weighted by molar-refractivity contribution is -0.137. The fourth-order valence-electron chi connectivity index (χ4n) is 1.74. The number of hydrogen-bond acceptors (Lipinski definition) is 3. The number of carbonyl (C=O) groups is 1. The summed E-state index contributed by atoms with van der Waals surface area (Å²) in [6.45, 7) is 0. The summed E-state index contributed by atoms with van der Waals surface area (Å²) in [7, 11) is 0. The number of hydrogen-bond donors (Lipinski definition) is 3. The molecule has 0 aliphatic rings. The molecule has 1 amide bonds. The minimum absolute atomic E-state index is 0.0847. The van der Waals surface area contributed by atoms with Crippen LogP contribution in [0, 0.1) is 0 Å². The Kier molecular flexibility index (Phi) is 4.55. The van der Waals surface area contributed by atoms with E-state index in [1.807, 2.05) is 5.32 Å². The van der Waals surface area contributed by atoms with Crippen molar-refractivity contribution in [1.29, 1.82) is 0 Å². The topological polar surface area (TPSA) is 84.6 Å². The molecule has 0 spiro atoms. The summed E-state index contributed by atoms with van der Waals surface area (Å²) >= 11 is 5.90. The van der Waals surface area contributed by atoms with Gasteiger partial charge in [0.25, 0.3) is 0 Å². The van der Waals surface area contributed by atoms with E-state index in [1.165, 1.54) is 18.2 Å². The van der Waals surface area contributed by atoms with Crippen molar-refractivity contribution in [2.24, 2.45) is 0 Å². The number of benzene rings is 2. The number of rotatable bonds is 3. The molecule has 2 rings (SSSR count). The number of halogens is 4. The first-order valence-corrected chi connectivity index (χ1v) is 6.48. The first-order chi connectivity index (χ1) is 10.6. The van der Waals surface area contributed by atoms with Crippen LogP contribution < -0.4 is 15.8 Å². The fraction of sp³-hybridized carbons (Fsp3) is 0.0714. The predicted octanol–water partition coefficient (Wildman–Crippen LogP) is 4.82. The van der Waals surface area contributed by atoms with E-state index in [9.17, 15) is 18.0 Å². The van der Waals surface area contributed by atoms with Crippen LogP contribution in [0.4, 0.5) is 29.3 Å².